The average Bonchev–Trinajstić information content (AvgIpc) is 1.61. The van der Waals surface area contributed by atoms with Crippen LogP contribution < -0.4 is 48.3 Å². The number of benzene rings is 6. The number of aliphatic hydroxyl groups excluding tert-OH is 1. The number of aromatic amines is 1. The summed E-state index contributed by atoms with van der Waals surface area (Å²) in [5.74, 6) is -8.53. The van der Waals surface area contributed by atoms with Crippen LogP contribution in [0.25, 0.3) is 11.1 Å². The van der Waals surface area contributed by atoms with Gasteiger partial charge < -0.3 is 96.3 Å². The first-order valence-corrected chi connectivity index (χ1v) is 39.3. The van der Waals surface area contributed by atoms with Crippen LogP contribution in [0, 0.1) is 11.3 Å². The van der Waals surface area contributed by atoms with Crippen molar-refractivity contribution in [3.05, 3.63) is 220 Å². The fourth-order valence-electron chi connectivity index (χ4n) is 12.7. The number of amides is 9. The minimum atomic E-state index is -1.44. The second kappa shape index (κ2) is 48.2. The fraction of sp³-hybridized carbons (Fsp3) is 0.402. The third-order valence-electron chi connectivity index (χ3n) is 19.2. The Morgan fingerprint density at radius 3 is 1.34 bits per heavy atom. The van der Waals surface area contributed by atoms with E-state index in [9.17, 15) is 67.4 Å². The Labute approximate surface area is 694 Å². The number of hydrogen-bond acceptors (Lipinski definition) is 23. The molecule has 0 saturated carbocycles. The Hall–Kier alpha value is -12.7. The maximum absolute atomic E-state index is 13.4. The molecule has 9 amide bonds. The number of carbonyl (C=O) groups excluding carboxylic acids is 13. The van der Waals surface area contributed by atoms with E-state index in [4.69, 9.17) is 43.6 Å². The van der Waals surface area contributed by atoms with Crippen LogP contribution >= 0.6 is 0 Å². The van der Waals surface area contributed by atoms with Crippen LogP contribution in [0.2, 0.25) is 0 Å². The molecule has 33 heteroatoms. The van der Waals surface area contributed by atoms with Crippen molar-refractivity contribution in [3.8, 4) is 11.1 Å². The summed E-state index contributed by atoms with van der Waals surface area (Å²) in [6, 6.07) is 41.0. The van der Waals surface area contributed by atoms with E-state index in [-0.39, 0.29) is 117 Å². The molecular formula is C87H105N11O22. The Balaban J connectivity index is 0.839. The average molecular weight is 1660 g/mol. The van der Waals surface area contributed by atoms with Gasteiger partial charge in [-0.05, 0) is 74.0 Å². The number of H-pyrrole nitrogens is 1. The predicted octanol–water partition coefficient (Wildman–Crippen LogP) is 3.80. The summed E-state index contributed by atoms with van der Waals surface area (Å²) < 4.78 is 47.0. The monoisotopic (exact) mass is 1660 g/mol. The Kier molecular flexibility index (Phi) is 37.3. The van der Waals surface area contributed by atoms with Crippen molar-refractivity contribution in [2.24, 2.45) is 17.1 Å². The lowest BCUT2D eigenvalue weighted by Crippen LogP contribution is -2.55. The minimum Gasteiger partial charge on any atom is -0.465 e. The number of nitrogens with zero attached hydrogens (tertiary/aromatic N) is 1. The van der Waals surface area contributed by atoms with E-state index < -0.39 is 139 Å². The van der Waals surface area contributed by atoms with E-state index in [0.29, 0.717) is 18.5 Å². The normalized spacial score (nSPS) is 13.2. The summed E-state index contributed by atoms with van der Waals surface area (Å²) in [5, 5.41) is 30.1. The quantitative estimate of drug-likeness (QED) is 0.0191. The van der Waals surface area contributed by atoms with Gasteiger partial charge in [-0.3, -0.25) is 57.5 Å². The number of rotatable bonds is 50. The van der Waals surface area contributed by atoms with Crippen LogP contribution in [0.4, 0.5) is 4.79 Å². The number of aromatic nitrogens is 2. The summed E-state index contributed by atoms with van der Waals surface area (Å²) in [5.41, 5.74) is 14.2. The molecule has 1 heterocycles. The standard InChI is InChI=1S/C87H105N11O22/c1-55(2)80(98-86(112)119-49-71-69-17-11-9-15-67(69)68-16-10-12-18-70(68)71)85(111)92-44-79(106)118-38-35-61-23-29-65(30-24-61)48-115-52-87(53-120-76(103)32-31-75(88)102,50-113-46-63-25-19-59(20-26-63)33-36-116-77(104)42-90-82(108)73(40-66-41-89-54-93-66)96-81(107)56(3)94-57(4)100)51-114-47-64-27-21-60(22-28-64)34-37-117-78(105)43-91-83(109)74(45-99)97-84(110)72(95-58(5)101)39-62-13-7-6-8-14-62/h6-30,41,54-56,71-74,80,99H,31-40,42-53H2,1-5H3,(H2,88,102)(H,89,93)(H,90,108)(H,91,109)(H,92,111)(H,94,100)(H,95,101)(H,96,107)(H,97,110)(H,98,112)/t56-,72-,73-,74-,80-,87?/m0/s1. The Morgan fingerprint density at radius 1 is 0.450 bits per heavy atom. The number of alkyl carbamates (subject to hydrolysis) is 1. The highest BCUT2D eigenvalue weighted by Gasteiger charge is 2.36. The van der Waals surface area contributed by atoms with E-state index >= 15 is 0 Å². The van der Waals surface area contributed by atoms with Gasteiger partial charge in [0.25, 0.3) is 0 Å². The topological polar surface area (TPSA) is 467 Å². The predicted molar refractivity (Wildman–Crippen MR) is 434 cm³/mol. The highest BCUT2D eigenvalue weighted by Crippen LogP contribution is 2.44. The molecule has 7 aromatic rings. The molecule has 640 valence electrons. The Morgan fingerprint density at radius 2 is 0.892 bits per heavy atom. The summed E-state index contributed by atoms with van der Waals surface area (Å²) in [7, 11) is 0. The number of aliphatic hydroxyl groups is 1. The van der Waals surface area contributed by atoms with E-state index in [1.165, 1.54) is 27.1 Å². The lowest BCUT2D eigenvalue weighted by Gasteiger charge is -2.33. The molecule has 0 saturated heterocycles. The van der Waals surface area contributed by atoms with E-state index in [2.05, 4.69) is 52.5 Å². The molecule has 0 fully saturated rings. The number of esters is 4. The van der Waals surface area contributed by atoms with Crippen LogP contribution in [-0.2, 0) is 147 Å². The molecule has 0 radical (unpaired) electrons. The van der Waals surface area contributed by atoms with Gasteiger partial charge in [-0.25, -0.2) is 9.78 Å². The SMILES string of the molecule is CC(=O)N[C@@H](C)C(=O)N[C@@H](Cc1c[nH]cn1)C(=O)NCC(=O)OCCc1ccc(COCC(COCc2ccc(CCOC(=O)CNC(=O)[C@H](CO)NC(=O)[C@H](Cc3ccccc3)NC(C)=O)cc2)(COCc2ccc(CCOC(=O)CNC(=O)[C@@H](NC(=O)OCC3c4ccccc4-c4ccccc43)C(C)C)cc2)COC(=O)CCC(N)=O)cc1. The molecule has 1 aliphatic rings. The van der Waals surface area contributed by atoms with Gasteiger partial charge in [0.15, 0.2) is 0 Å². The highest BCUT2D eigenvalue weighted by atomic mass is 16.6. The van der Waals surface area contributed by atoms with Crippen LogP contribution in [0.5, 0.6) is 0 Å². The van der Waals surface area contributed by atoms with Gasteiger partial charge in [0.05, 0.1) is 89.9 Å². The number of primary amides is 1. The largest absolute Gasteiger partial charge is 0.465 e. The molecule has 1 aromatic heterocycles. The van der Waals surface area contributed by atoms with Crippen molar-refractivity contribution in [2.45, 2.75) is 136 Å². The number of nitrogens with one attached hydrogen (secondary N) is 9. The lowest BCUT2D eigenvalue weighted by atomic mass is 9.92. The van der Waals surface area contributed by atoms with Crippen molar-refractivity contribution in [3.63, 3.8) is 0 Å². The fourth-order valence-corrected chi connectivity index (χ4v) is 12.7. The first-order valence-electron chi connectivity index (χ1n) is 39.3. The number of nitrogens with two attached hydrogens (primary N) is 1. The van der Waals surface area contributed by atoms with Crippen LogP contribution in [0.1, 0.15) is 109 Å². The van der Waals surface area contributed by atoms with Crippen molar-refractivity contribution in [1.29, 1.82) is 0 Å². The van der Waals surface area contributed by atoms with Crippen molar-refractivity contribution < 1.29 is 105 Å². The maximum atomic E-state index is 13.4. The first kappa shape index (κ1) is 92.8. The molecule has 12 N–H and O–H groups in total. The van der Waals surface area contributed by atoms with Gasteiger partial charge in [0, 0.05) is 64.5 Å². The van der Waals surface area contributed by atoms with Crippen molar-refractivity contribution in [2.75, 3.05) is 79.1 Å². The third-order valence-corrected chi connectivity index (χ3v) is 19.2. The highest BCUT2D eigenvalue weighted by molar-refractivity contribution is 5.94. The van der Waals surface area contributed by atoms with Gasteiger partial charge in [-0.2, -0.15) is 0 Å². The third kappa shape index (κ3) is 31.6. The summed E-state index contributed by atoms with van der Waals surface area (Å²) in [6.45, 7) is 4.70. The molecule has 1 aliphatic carbocycles. The summed E-state index contributed by atoms with van der Waals surface area (Å²) >= 11 is 0. The minimum absolute atomic E-state index is 0.00980. The molecule has 6 aromatic carbocycles. The zero-order chi connectivity index (χ0) is 86.4. The van der Waals surface area contributed by atoms with E-state index in [1.54, 1.807) is 50.4 Å². The first-order chi connectivity index (χ1) is 57.7. The maximum Gasteiger partial charge on any atom is 0.407 e. The summed E-state index contributed by atoms with van der Waals surface area (Å²) in [6.07, 6.45) is 2.64. The molecule has 0 spiro atoms. The second-order valence-corrected chi connectivity index (χ2v) is 29.2. The van der Waals surface area contributed by atoms with E-state index in [0.717, 1.165) is 61.2 Å². The number of imidazole rings is 1. The Bertz CT molecular complexity index is 4530. The van der Waals surface area contributed by atoms with Gasteiger partial charge in [0.2, 0.25) is 47.3 Å². The van der Waals surface area contributed by atoms with Gasteiger partial charge in [0.1, 0.15) is 63.1 Å². The smallest absolute Gasteiger partial charge is 0.407 e. The van der Waals surface area contributed by atoms with Crippen LogP contribution in [-0.4, -0.2) is 202 Å². The lowest BCUT2D eigenvalue weighted by molar-refractivity contribution is -0.158. The zero-order valence-electron chi connectivity index (χ0n) is 67.7. The molecule has 33 nitrogen and oxygen atoms in total. The molecule has 120 heavy (non-hydrogen) atoms. The number of fused-ring (bicyclic) bond motifs is 3. The van der Waals surface area contributed by atoms with Gasteiger partial charge in [-0.1, -0.05) is 166 Å². The number of ether oxygens (including phenoxy) is 8. The zero-order valence-corrected chi connectivity index (χ0v) is 67.7. The van der Waals surface area contributed by atoms with E-state index in [1.807, 2.05) is 121 Å². The second-order valence-electron chi connectivity index (χ2n) is 29.2. The molecule has 6 atom stereocenters. The number of carbonyl (C=O) groups is 13. The van der Waals surface area contributed by atoms with Crippen molar-refractivity contribution in [1.82, 2.24) is 52.5 Å². The van der Waals surface area contributed by atoms with Gasteiger partial charge >= 0.3 is 30.0 Å². The molecular weight excluding hydrogens is 1550 g/mol. The van der Waals surface area contributed by atoms with Crippen LogP contribution in [0.3, 0.4) is 0 Å². The molecule has 1 unspecified atom stereocenters. The van der Waals surface area contributed by atoms with Crippen molar-refractivity contribution >= 4 is 77.2 Å². The molecule has 8 rings (SSSR count). The summed E-state index contributed by atoms with van der Waals surface area (Å²) in [4.78, 5) is 173. The molecule has 0 aliphatic heterocycles. The van der Waals surface area contributed by atoms with Gasteiger partial charge in [-0.15, -0.1) is 0 Å². The van der Waals surface area contributed by atoms with Crippen LogP contribution in [0.15, 0.2) is 164 Å². The molecule has 0 bridgehead atoms. The number of hydrogen-bond donors (Lipinski definition) is 11.